The van der Waals surface area contributed by atoms with Crippen molar-refractivity contribution in [2.45, 2.75) is 30.2 Å². The molecule has 94 valence electrons. The highest BCUT2D eigenvalue weighted by Gasteiger charge is 2.31. The summed E-state index contributed by atoms with van der Waals surface area (Å²) in [5.74, 6) is 5.62. The molecular weight excluding hydrogens is 240 g/mol. The smallest absolute Gasteiger partial charge is 0.244 e. The number of aromatic nitrogens is 1. The lowest BCUT2D eigenvalue weighted by Gasteiger charge is -2.33. The minimum Gasteiger partial charge on any atom is -0.308 e. The maximum atomic E-state index is 12.2. The fourth-order valence-electron chi connectivity index (χ4n) is 1.73. The van der Waals surface area contributed by atoms with Crippen molar-refractivity contribution in [1.29, 1.82) is 0 Å². The lowest BCUT2D eigenvalue weighted by Crippen LogP contribution is -2.41. The third-order valence-corrected chi connectivity index (χ3v) is 5.04. The average Bonchev–Trinajstić information content (AvgIpc) is 2.27. The van der Waals surface area contributed by atoms with Crippen molar-refractivity contribution in [2.75, 3.05) is 12.5 Å². The lowest BCUT2D eigenvalue weighted by molar-refractivity contribution is 0.249. The molecule has 1 aliphatic carbocycles. The van der Waals surface area contributed by atoms with E-state index < -0.39 is 10.0 Å². The Bertz CT molecular complexity index is 482. The van der Waals surface area contributed by atoms with Crippen LogP contribution in [0.1, 0.15) is 19.3 Å². The van der Waals surface area contributed by atoms with Crippen LogP contribution in [0.3, 0.4) is 0 Å². The average molecular weight is 256 g/mol. The highest BCUT2D eigenvalue weighted by molar-refractivity contribution is 7.89. The van der Waals surface area contributed by atoms with Gasteiger partial charge in [-0.25, -0.2) is 19.2 Å². The molecule has 7 heteroatoms. The molecule has 17 heavy (non-hydrogen) atoms. The fraction of sp³-hybridized carbons (Fsp3) is 0.500. The summed E-state index contributed by atoms with van der Waals surface area (Å²) in [5, 5.41) is 0. The topological polar surface area (TPSA) is 88.3 Å². The van der Waals surface area contributed by atoms with Crippen molar-refractivity contribution in [3.63, 3.8) is 0 Å². The number of rotatable bonds is 4. The van der Waals surface area contributed by atoms with Gasteiger partial charge in [0.25, 0.3) is 0 Å². The number of nitrogens with two attached hydrogens (primary N) is 1. The first-order chi connectivity index (χ1) is 8.05. The Kier molecular flexibility index (Phi) is 3.32. The van der Waals surface area contributed by atoms with Gasteiger partial charge < -0.3 is 5.43 Å². The molecule has 1 fully saturated rings. The Morgan fingerprint density at radius 3 is 2.59 bits per heavy atom. The van der Waals surface area contributed by atoms with Gasteiger partial charge in [0.1, 0.15) is 10.7 Å². The molecule has 2 rings (SSSR count). The van der Waals surface area contributed by atoms with Crippen LogP contribution in [0, 0.1) is 0 Å². The van der Waals surface area contributed by atoms with Gasteiger partial charge in [0, 0.05) is 19.3 Å². The van der Waals surface area contributed by atoms with Crippen LogP contribution >= 0.6 is 0 Å². The zero-order valence-electron chi connectivity index (χ0n) is 9.63. The standard InChI is InChI=1S/C10H16N4O2S/c1-14(8-3-2-4-8)17(15,16)9-5-6-10(13-11)12-7-9/h5-8H,2-4,11H2,1H3,(H,12,13). The van der Waals surface area contributed by atoms with Crippen LogP contribution in [0.5, 0.6) is 0 Å². The lowest BCUT2D eigenvalue weighted by atomic mass is 9.94. The second-order valence-electron chi connectivity index (χ2n) is 4.13. The quantitative estimate of drug-likeness (QED) is 0.606. The van der Waals surface area contributed by atoms with E-state index in [4.69, 9.17) is 5.84 Å². The number of pyridine rings is 1. The zero-order valence-corrected chi connectivity index (χ0v) is 10.4. The second kappa shape index (κ2) is 4.59. The normalized spacial score (nSPS) is 16.9. The Morgan fingerprint density at radius 1 is 1.47 bits per heavy atom. The number of nitrogens with zero attached hydrogens (tertiary/aromatic N) is 2. The van der Waals surface area contributed by atoms with Crippen molar-refractivity contribution in [1.82, 2.24) is 9.29 Å². The number of hydrazine groups is 1. The summed E-state index contributed by atoms with van der Waals surface area (Å²) in [5.41, 5.74) is 2.36. The van der Waals surface area contributed by atoms with Crippen molar-refractivity contribution in [3.05, 3.63) is 18.3 Å². The molecule has 1 aliphatic rings. The van der Waals surface area contributed by atoms with Crippen molar-refractivity contribution in [3.8, 4) is 0 Å². The molecule has 1 saturated carbocycles. The Labute approximate surface area is 101 Å². The summed E-state index contributed by atoms with van der Waals surface area (Å²) in [7, 11) is -1.80. The van der Waals surface area contributed by atoms with Crippen molar-refractivity contribution >= 4 is 15.8 Å². The molecule has 6 nitrogen and oxygen atoms in total. The highest BCUT2D eigenvalue weighted by atomic mass is 32.2. The zero-order chi connectivity index (χ0) is 12.5. The Hall–Kier alpha value is -1.18. The van der Waals surface area contributed by atoms with E-state index in [0.717, 1.165) is 19.3 Å². The molecule has 0 bridgehead atoms. The van der Waals surface area contributed by atoms with E-state index in [9.17, 15) is 8.42 Å². The largest absolute Gasteiger partial charge is 0.308 e. The molecule has 0 aliphatic heterocycles. The first kappa shape index (κ1) is 12.3. The maximum absolute atomic E-state index is 12.2. The van der Waals surface area contributed by atoms with Gasteiger partial charge in [-0.2, -0.15) is 4.31 Å². The molecule has 0 unspecified atom stereocenters. The number of hydrogen-bond donors (Lipinski definition) is 2. The molecule has 0 amide bonds. The number of hydrogen-bond acceptors (Lipinski definition) is 5. The van der Waals surface area contributed by atoms with E-state index >= 15 is 0 Å². The van der Waals surface area contributed by atoms with Crippen LogP contribution in [-0.2, 0) is 10.0 Å². The van der Waals surface area contributed by atoms with Gasteiger partial charge in [0.2, 0.25) is 10.0 Å². The molecular formula is C10H16N4O2S. The number of sulfonamides is 1. The predicted molar refractivity (Wildman–Crippen MR) is 64.6 cm³/mol. The van der Waals surface area contributed by atoms with E-state index in [0.29, 0.717) is 5.82 Å². The third kappa shape index (κ3) is 2.26. The second-order valence-corrected chi connectivity index (χ2v) is 6.13. The number of anilines is 1. The molecule has 0 saturated heterocycles. The molecule has 1 heterocycles. The van der Waals surface area contributed by atoms with Crippen LogP contribution in [0.25, 0.3) is 0 Å². The van der Waals surface area contributed by atoms with Crippen LogP contribution in [0.4, 0.5) is 5.82 Å². The van der Waals surface area contributed by atoms with Crippen molar-refractivity contribution < 1.29 is 8.42 Å². The van der Waals surface area contributed by atoms with Crippen LogP contribution in [-0.4, -0.2) is 30.8 Å². The summed E-state index contributed by atoms with van der Waals surface area (Å²) >= 11 is 0. The van der Waals surface area contributed by atoms with Gasteiger partial charge >= 0.3 is 0 Å². The van der Waals surface area contributed by atoms with Gasteiger partial charge in [-0.3, -0.25) is 0 Å². The summed E-state index contributed by atoms with van der Waals surface area (Å²) in [6.45, 7) is 0. The first-order valence-corrected chi connectivity index (χ1v) is 6.90. The monoisotopic (exact) mass is 256 g/mol. The molecule has 0 atom stereocenters. The number of nitrogen functional groups attached to an aromatic ring is 1. The van der Waals surface area contributed by atoms with Gasteiger partial charge in [-0.05, 0) is 25.0 Å². The van der Waals surface area contributed by atoms with E-state index in [1.165, 1.54) is 16.6 Å². The van der Waals surface area contributed by atoms with Gasteiger partial charge in [0.05, 0.1) is 0 Å². The molecule has 1 aromatic heterocycles. The SMILES string of the molecule is CN(C1CCC1)S(=O)(=O)c1ccc(NN)nc1. The van der Waals surface area contributed by atoms with Gasteiger partial charge in [0.15, 0.2) is 0 Å². The molecule has 0 radical (unpaired) electrons. The first-order valence-electron chi connectivity index (χ1n) is 5.46. The predicted octanol–water partition coefficient (Wildman–Crippen LogP) is 0.540. The summed E-state index contributed by atoms with van der Waals surface area (Å²) in [4.78, 5) is 4.11. The minimum absolute atomic E-state index is 0.132. The molecule has 0 aromatic carbocycles. The van der Waals surface area contributed by atoms with E-state index in [1.807, 2.05) is 0 Å². The minimum atomic E-state index is -3.42. The Morgan fingerprint density at radius 2 is 2.18 bits per heavy atom. The fourth-order valence-corrected chi connectivity index (χ4v) is 3.09. The van der Waals surface area contributed by atoms with E-state index in [-0.39, 0.29) is 10.9 Å². The van der Waals surface area contributed by atoms with E-state index in [1.54, 1.807) is 13.1 Å². The maximum Gasteiger partial charge on any atom is 0.244 e. The third-order valence-electron chi connectivity index (χ3n) is 3.15. The highest BCUT2D eigenvalue weighted by Crippen LogP contribution is 2.28. The molecule has 0 spiro atoms. The molecule has 1 aromatic rings. The van der Waals surface area contributed by atoms with Gasteiger partial charge in [-0.1, -0.05) is 6.42 Å². The molecule has 3 N–H and O–H groups in total. The van der Waals surface area contributed by atoms with Crippen molar-refractivity contribution in [2.24, 2.45) is 5.84 Å². The number of nitrogens with one attached hydrogen (secondary N) is 1. The Balaban J connectivity index is 2.23. The van der Waals surface area contributed by atoms with Crippen LogP contribution in [0.2, 0.25) is 0 Å². The summed E-state index contributed by atoms with van der Waals surface area (Å²) < 4.78 is 25.8. The summed E-state index contributed by atoms with van der Waals surface area (Å²) in [6, 6.07) is 3.18. The van der Waals surface area contributed by atoms with Gasteiger partial charge in [-0.15, -0.1) is 0 Å². The van der Waals surface area contributed by atoms with Crippen LogP contribution < -0.4 is 11.3 Å². The van der Waals surface area contributed by atoms with E-state index in [2.05, 4.69) is 10.4 Å². The summed E-state index contributed by atoms with van der Waals surface area (Å²) in [6.07, 6.45) is 4.29. The van der Waals surface area contributed by atoms with Crippen LogP contribution in [0.15, 0.2) is 23.2 Å².